The van der Waals surface area contributed by atoms with Crippen molar-refractivity contribution in [3.8, 4) is 0 Å². The van der Waals surface area contributed by atoms with Crippen molar-refractivity contribution < 1.29 is 9.32 Å². The molecule has 1 aromatic rings. The van der Waals surface area contributed by atoms with Crippen LogP contribution in [0.4, 0.5) is 0 Å². The van der Waals surface area contributed by atoms with Crippen LogP contribution in [0.1, 0.15) is 45.2 Å². The van der Waals surface area contributed by atoms with Crippen LogP contribution in [0.3, 0.4) is 0 Å². The van der Waals surface area contributed by atoms with Crippen molar-refractivity contribution >= 4 is 10.8 Å². The summed E-state index contributed by atoms with van der Waals surface area (Å²) in [5, 5.41) is 13.1. The maximum absolute atomic E-state index is 11.4. The highest BCUT2D eigenvalue weighted by molar-refractivity contribution is 7.84. The first-order chi connectivity index (χ1) is 9.48. The van der Waals surface area contributed by atoms with E-state index in [9.17, 15) is 9.32 Å². The van der Waals surface area contributed by atoms with Crippen molar-refractivity contribution in [3.63, 3.8) is 0 Å². The molecule has 0 aliphatic carbocycles. The molecular weight excluding hydrogens is 270 g/mol. The zero-order valence-electron chi connectivity index (χ0n) is 13.0. The molecule has 0 bridgehead atoms. The lowest BCUT2D eigenvalue weighted by Gasteiger charge is -2.31. The fourth-order valence-corrected chi connectivity index (χ4v) is 2.73. The summed E-state index contributed by atoms with van der Waals surface area (Å²) in [5.41, 5.74) is 1.15. The van der Waals surface area contributed by atoms with E-state index in [1.54, 1.807) is 6.26 Å². The topological polar surface area (TPSA) is 49.3 Å². The third-order valence-corrected chi connectivity index (χ3v) is 5.27. The first-order valence-corrected chi connectivity index (χ1v) is 8.81. The normalized spacial score (nSPS) is 15.1. The van der Waals surface area contributed by atoms with Crippen LogP contribution in [0.5, 0.6) is 0 Å². The monoisotopic (exact) mass is 297 g/mol. The van der Waals surface area contributed by atoms with Crippen molar-refractivity contribution in [2.24, 2.45) is 5.41 Å². The predicted octanol–water partition coefficient (Wildman–Crippen LogP) is 2.87. The number of hydrogen-bond donors (Lipinski definition) is 2. The fourth-order valence-electron chi connectivity index (χ4n) is 2.22. The van der Waals surface area contributed by atoms with Crippen molar-refractivity contribution in [2.75, 3.05) is 19.4 Å². The molecule has 2 unspecified atom stereocenters. The Labute approximate surface area is 125 Å². The Kier molecular flexibility index (Phi) is 6.86. The van der Waals surface area contributed by atoms with E-state index in [4.69, 9.17) is 0 Å². The molecule has 0 saturated heterocycles. The molecule has 0 aliphatic rings. The largest absolute Gasteiger partial charge is 0.396 e. The summed E-state index contributed by atoms with van der Waals surface area (Å²) < 4.78 is 11.4. The van der Waals surface area contributed by atoms with Crippen LogP contribution in [0, 0.1) is 5.41 Å². The van der Waals surface area contributed by atoms with Crippen LogP contribution in [-0.2, 0) is 10.8 Å². The summed E-state index contributed by atoms with van der Waals surface area (Å²) in [5.74, 6) is 0. The van der Waals surface area contributed by atoms with Crippen LogP contribution >= 0.6 is 0 Å². The predicted molar refractivity (Wildman–Crippen MR) is 85.3 cm³/mol. The van der Waals surface area contributed by atoms with E-state index in [0.29, 0.717) is 0 Å². The van der Waals surface area contributed by atoms with E-state index in [1.807, 2.05) is 24.3 Å². The molecular formula is C16H27NO2S. The summed E-state index contributed by atoms with van der Waals surface area (Å²) in [7, 11) is -0.926. The Morgan fingerprint density at radius 2 is 1.80 bits per heavy atom. The molecule has 1 aromatic carbocycles. The zero-order chi connectivity index (χ0) is 15.2. The van der Waals surface area contributed by atoms with Gasteiger partial charge in [0.1, 0.15) is 0 Å². The summed E-state index contributed by atoms with van der Waals surface area (Å²) in [6, 6.07) is 8.10. The Balaban J connectivity index is 2.66. The van der Waals surface area contributed by atoms with E-state index in [0.717, 1.165) is 24.3 Å². The molecule has 0 aliphatic heterocycles. The average molecular weight is 297 g/mol. The Bertz CT molecular complexity index is 418. The molecule has 2 N–H and O–H groups in total. The molecule has 3 nitrogen and oxygen atoms in total. The molecule has 0 heterocycles. The Morgan fingerprint density at radius 1 is 1.25 bits per heavy atom. The molecule has 4 heteroatoms. The first-order valence-electron chi connectivity index (χ1n) is 7.25. The number of rotatable bonds is 8. The Morgan fingerprint density at radius 3 is 2.20 bits per heavy atom. The lowest BCUT2D eigenvalue weighted by atomic mass is 9.83. The SMILES string of the molecule is CCC(CC)(CO)CNC(C)c1ccc(S(C)=O)cc1. The quantitative estimate of drug-likeness (QED) is 0.776. The highest BCUT2D eigenvalue weighted by atomic mass is 32.2. The van der Waals surface area contributed by atoms with Crippen molar-refractivity contribution in [2.45, 2.75) is 44.6 Å². The summed E-state index contributed by atoms with van der Waals surface area (Å²) >= 11 is 0. The van der Waals surface area contributed by atoms with Crippen LogP contribution in [0.2, 0.25) is 0 Å². The molecule has 0 aromatic heterocycles. The number of aliphatic hydroxyl groups excluding tert-OH is 1. The van der Waals surface area contributed by atoms with Crippen molar-refractivity contribution in [1.82, 2.24) is 5.32 Å². The number of hydrogen-bond acceptors (Lipinski definition) is 3. The van der Waals surface area contributed by atoms with Gasteiger partial charge in [-0.25, -0.2) is 0 Å². The lowest BCUT2D eigenvalue weighted by Crippen LogP contribution is -2.37. The van der Waals surface area contributed by atoms with Gasteiger partial charge in [-0.1, -0.05) is 26.0 Å². The van der Waals surface area contributed by atoms with Crippen LogP contribution in [0.25, 0.3) is 0 Å². The minimum Gasteiger partial charge on any atom is -0.396 e. The molecule has 114 valence electrons. The number of benzene rings is 1. The van der Waals surface area contributed by atoms with Gasteiger partial charge in [-0.05, 0) is 37.5 Å². The van der Waals surface area contributed by atoms with Gasteiger partial charge < -0.3 is 10.4 Å². The van der Waals surface area contributed by atoms with E-state index in [1.165, 1.54) is 5.56 Å². The van der Waals surface area contributed by atoms with Crippen LogP contribution in [-0.4, -0.2) is 28.7 Å². The maximum Gasteiger partial charge on any atom is 0.0499 e. The van der Waals surface area contributed by atoms with E-state index in [2.05, 4.69) is 26.1 Å². The fraction of sp³-hybridized carbons (Fsp3) is 0.625. The van der Waals surface area contributed by atoms with E-state index < -0.39 is 10.8 Å². The third kappa shape index (κ3) is 4.40. The van der Waals surface area contributed by atoms with Crippen molar-refractivity contribution in [3.05, 3.63) is 29.8 Å². The number of nitrogens with one attached hydrogen (secondary N) is 1. The van der Waals surface area contributed by atoms with E-state index in [-0.39, 0.29) is 18.1 Å². The van der Waals surface area contributed by atoms with E-state index >= 15 is 0 Å². The highest BCUT2D eigenvalue weighted by Crippen LogP contribution is 2.26. The lowest BCUT2D eigenvalue weighted by molar-refractivity contribution is 0.110. The van der Waals surface area contributed by atoms with Gasteiger partial charge in [0.05, 0.1) is 0 Å². The van der Waals surface area contributed by atoms with Gasteiger partial charge in [0.25, 0.3) is 0 Å². The van der Waals surface area contributed by atoms with Gasteiger partial charge in [0, 0.05) is 46.6 Å². The second kappa shape index (κ2) is 7.91. The van der Waals surface area contributed by atoms with Gasteiger partial charge >= 0.3 is 0 Å². The maximum atomic E-state index is 11.4. The molecule has 2 atom stereocenters. The molecule has 0 spiro atoms. The molecule has 20 heavy (non-hydrogen) atoms. The Hall–Kier alpha value is -0.710. The second-order valence-corrected chi connectivity index (χ2v) is 6.87. The standard InChI is InChI=1S/C16H27NO2S/c1-5-16(6-2,12-18)11-17-13(3)14-7-9-15(10-8-14)20(4)19/h7-10,13,17-18H,5-6,11-12H2,1-4H3. The molecule has 0 saturated carbocycles. The van der Waals surface area contributed by atoms with Crippen LogP contribution < -0.4 is 5.32 Å². The van der Waals surface area contributed by atoms with Gasteiger partial charge in [0.15, 0.2) is 0 Å². The average Bonchev–Trinajstić information content (AvgIpc) is 2.49. The zero-order valence-corrected chi connectivity index (χ0v) is 13.8. The third-order valence-electron chi connectivity index (χ3n) is 4.33. The highest BCUT2D eigenvalue weighted by Gasteiger charge is 2.25. The minimum atomic E-state index is -0.926. The minimum absolute atomic E-state index is 0.0287. The second-order valence-electron chi connectivity index (χ2n) is 5.49. The number of aliphatic hydroxyl groups is 1. The summed E-state index contributed by atoms with van der Waals surface area (Å²) in [4.78, 5) is 0.854. The first kappa shape index (κ1) is 17.3. The molecule has 0 fully saturated rings. The van der Waals surface area contributed by atoms with Gasteiger partial charge in [-0.2, -0.15) is 0 Å². The molecule has 1 rings (SSSR count). The molecule has 0 radical (unpaired) electrons. The van der Waals surface area contributed by atoms with Gasteiger partial charge in [-0.15, -0.1) is 0 Å². The van der Waals surface area contributed by atoms with Crippen LogP contribution in [0.15, 0.2) is 29.2 Å². The summed E-state index contributed by atoms with van der Waals surface area (Å²) in [6.07, 6.45) is 3.62. The van der Waals surface area contributed by atoms with Gasteiger partial charge in [0.2, 0.25) is 0 Å². The van der Waals surface area contributed by atoms with Crippen molar-refractivity contribution in [1.29, 1.82) is 0 Å². The molecule has 0 amide bonds. The summed E-state index contributed by atoms with van der Waals surface area (Å²) in [6.45, 7) is 7.38. The van der Waals surface area contributed by atoms with Gasteiger partial charge in [-0.3, -0.25) is 4.21 Å². The smallest absolute Gasteiger partial charge is 0.0499 e.